The van der Waals surface area contributed by atoms with Crippen LogP contribution in [0.2, 0.25) is 0 Å². The Balaban J connectivity index is 1.42. The van der Waals surface area contributed by atoms with Crippen LogP contribution in [0.1, 0.15) is 54.2 Å². The number of nitriles is 1. The molecule has 1 fully saturated rings. The van der Waals surface area contributed by atoms with Gasteiger partial charge in [-0.1, -0.05) is 12.1 Å². The summed E-state index contributed by atoms with van der Waals surface area (Å²) in [4.78, 5) is 5.19. The number of nitrogens with zero attached hydrogens (tertiary/aromatic N) is 5. The molecule has 2 aromatic rings. The van der Waals surface area contributed by atoms with E-state index in [4.69, 9.17) is 5.26 Å². The molecule has 5 heteroatoms. The van der Waals surface area contributed by atoms with Crippen molar-refractivity contribution in [2.24, 2.45) is 7.05 Å². The van der Waals surface area contributed by atoms with Gasteiger partial charge in [0, 0.05) is 56.6 Å². The van der Waals surface area contributed by atoms with Gasteiger partial charge in [0.15, 0.2) is 0 Å². The Labute approximate surface area is 155 Å². The second kappa shape index (κ2) is 7.22. The topological polar surface area (TPSA) is 48.1 Å². The third-order valence-electron chi connectivity index (χ3n) is 6.18. The van der Waals surface area contributed by atoms with E-state index in [-0.39, 0.29) is 0 Å². The molecule has 1 aliphatic carbocycles. The number of aromatic nitrogens is 2. The van der Waals surface area contributed by atoms with Crippen molar-refractivity contribution in [1.82, 2.24) is 19.6 Å². The molecule has 2 aliphatic rings. The molecule has 0 N–H and O–H groups in total. The fourth-order valence-corrected chi connectivity index (χ4v) is 4.58. The van der Waals surface area contributed by atoms with Gasteiger partial charge >= 0.3 is 0 Å². The van der Waals surface area contributed by atoms with Gasteiger partial charge in [-0.2, -0.15) is 10.4 Å². The number of benzene rings is 1. The molecule has 1 aliphatic heterocycles. The van der Waals surface area contributed by atoms with Crippen LogP contribution in [0.5, 0.6) is 0 Å². The summed E-state index contributed by atoms with van der Waals surface area (Å²) < 4.78 is 2.06. The summed E-state index contributed by atoms with van der Waals surface area (Å²) in [7, 11) is 2.07. The first kappa shape index (κ1) is 17.3. The van der Waals surface area contributed by atoms with E-state index in [0.717, 1.165) is 38.2 Å². The Morgan fingerprint density at radius 3 is 2.81 bits per heavy atom. The summed E-state index contributed by atoms with van der Waals surface area (Å²) in [5, 5.41) is 13.6. The van der Waals surface area contributed by atoms with Gasteiger partial charge in [0.1, 0.15) is 0 Å². The number of aryl methyl sites for hydroxylation is 1. The number of rotatable bonds is 3. The Morgan fingerprint density at radius 1 is 1.23 bits per heavy atom. The molecule has 0 radical (unpaired) electrons. The van der Waals surface area contributed by atoms with Gasteiger partial charge in [-0.25, -0.2) is 0 Å². The zero-order chi connectivity index (χ0) is 18.1. The van der Waals surface area contributed by atoms with Crippen molar-refractivity contribution in [2.75, 3.05) is 26.2 Å². The Kier molecular flexibility index (Phi) is 4.80. The van der Waals surface area contributed by atoms with Gasteiger partial charge in [-0.05, 0) is 43.9 Å². The molecule has 1 saturated heterocycles. The lowest BCUT2D eigenvalue weighted by Gasteiger charge is -2.42. The summed E-state index contributed by atoms with van der Waals surface area (Å²) in [6.45, 7) is 6.60. The van der Waals surface area contributed by atoms with Crippen molar-refractivity contribution in [2.45, 2.75) is 38.3 Å². The van der Waals surface area contributed by atoms with E-state index in [9.17, 15) is 0 Å². The Hall–Kier alpha value is -2.16. The molecule has 5 nitrogen and oxygen atoms in total. The fraction of sp³-hybridized carbons (Fsp3) is 0.524. The molecule has 0 spiro atoms. The second-order valence-corrected chi connectivity index (χ2v) is 7.56. The van der Waals surface area contributed by atoms with Gasteiger partial charge in [0.2, 0.25) is 0 Å². The molecule has 2 heterocycles. The molecule has 1 aromatic carbocycles. The molecule has 1 aromatic heterocycles. The predicted molar refractivity (Wildman–Crippen MR) is 102 cm³/mol. The molecule has 4 rings (SSSR count). The summed E-state index contributed by atoms with van der Waals surface area (Å²) in [6.07, 6.45) is 5.75. The van der Waals surface area contributed by atoms with Crippen LogP contribution in [0.3, 0.4) is 0 Å². The first-order valence-corrected chi connectivity index (χ1v) is 9.66. The highest BCUT2D eigenvalue weighted by molar-refractivity contribution is 5.34. The monoisotopic (exact) mass is 349 g/mol. The van der Waals surface area contributed by atoms with Crippen molar-refractivity contribution in [1.29, 1.82) is 5.26 Å². The van der Waals surface area contributed by atoms with Crippen molar-refractivity contribution in [3.63, 3.8) is 0 Å². The van der Waals surface area contributed by atoms with E-state index < -0.39 is 0 Å². The lowest BCUT2D eigenvalue weighted by molar-refractivity contribution is 0.0670. The number of hydrogen-bond acceptors (Lipinski definition) is 4. The van der Waals surface area contributed by atoms with E-state index in [1.807, 2.05) is 18.2 Å². The third kappa shape index (κ3) is 3.15. The maximum Gasteiger partial charge on any atom is 0.0991 e. The first-order chi connectivity index (χ1) is 12.7. The van der Waals surface area contributed by atoms with Gasteiger partial charge in [0.25, 0.3) is 0 Å². The van der Waals surface area contributed by atoms with Crippen molar-refractivity contribution >= 4 is 0 Å². The van der Waals surface area contributed by atoms with Crippen LogP contribution in [0.4, 0.5) is 0 Å². The average molecular weight is 349 g/mol. The number of piperazine rings is 1. The van der Waals surface area contributed by atoms with E-state index in [1.54, 1.807) is 0 Å². The van der Waals surface area contributed by atoms with Crippen LogP contribution in [0, 0.1) is 11.3 Å². The normalized spacial score (nSPS) is 22.6. The summed E-state index contributed by atoms with van der Waals surface area (Å²) in [5.74, 6) is 0. The van der Waals surface area contributed by atoms with Gasteiger partial charge < -0.3 is 0 Å². The Morgan fingerprint density at radius 2 is 2.04 bits per heavy atom. The van der Waals surface area contributed by atoms with Gasteiger partial charge in [-0.3, -0.25) is 14.5 Å². The minimum absolute atomic E-state index is 0.353. The molecule has 26 heavy (non-hydrogen) atoms. The fourth-order valence-electron chi connectivity index (χ4n) is 4.58. The maximum absolute atomic E-state index is 9.14. The van der Waals surface area contributed by atoms with Gasteiger partial charge in [0.05, 0.1) is 17.8 Å². The van der Waals surface area contributed by atoms with Crippen LogP contribution in [-0.4, -0.2) is 45.8 Å². The Bertz CT molecular complexity index is 810. The highest BCUT2D eigenvalue weighted by Gasteiger charge is 2.31. The summed E-state index contributed by atoms with van der Waals surface area (Å²) >= 11 is 0. The molecule has 0 bridgehead atoms. The maximum atomic E-state index is 9.14. The quantitative estimate of drug-likeness (QED) is 0.854. The van der Waals surface area contributed by atoms with Crippen molar-refractivity contribution in [3.05, 3.63) is 52.8 Å². The molecule has 0 saturated carbocycles. The van der Waals surface area contributed by atoms with Crippen LogP contribution < -0.4 is 0 Å². The molecular formula is C21H27N5. The van der Waals surface area contributed by atoms with Crippen molar-refractivity contribution in [3.8, 4) is 6.07 Å². The number of hydrogen-bond donors (Lipinski definition) is 0. The average Bonchev–Trinajstić information content (AvgIpc) is 3.09. The summed E-state index contributed by atoms with van der Waals surface area (Å²) in [5.41, 5.74) is 4.86. The van der Waals surface area contributed by atoms with Crippen LogP contribution >= 0.6 is 0 Å². The number of fused-ring (bicyclic) bond motifs is 1. The highest BCUT2D eigenvalue weighted by atomic mass is 15.3. The molecular weight excluding hydrogens is 322 g/mol. The van der Waals surface area contributed by atoms with E-state index in [1.165, 1.54) is 29.7 Å². The molecule has 2 unspecified atom stereocenters. The SMILES string of the molecule is CC(c1cccc(C#N)c1)N1CCN(C2CCCc3c2cnn3C)CC1. The van der Waals surface area contributed by atoms with Crippen molar-refractivity contribution < 1.29 is 0 Å². The lowest BCUT2D eigenvalue weighted by atomic mass is 9.91. The molecule has 2 atom stereocenters. The minimum Gasteiger partial charge on any atom is -0.294 e. The molecule has 136 valence electrons. The van der Waals surface area contributed by atoms with E-state index in [0.29, 0.717) is 12.1 Å². The lowest BCUT2D eigenvalue weighted by Crippen LogP contribution is -2.48. The summed E-state index contributed by atoms with van der Waals surface area (Å²) in [6, 6.07) is 11.2. The van der Waals surface area contributed by atoms with Crippen LogP contribution in [0.15, 0.2) is 30.5 Å². The van der Waals surface area contributed by atoms with Crippen LogP contribution in [0.25, 0.3) is 0 Å². The minimum atomic E-state index is 0.353. The highest BCUT2D eigenvalue weighted by Crippen LogP contribution is 2.35. The zero-order valence-corrected chi connectivity index (χ0v) is 15.7. The van der Waals surface area contributed by atoms with E-state index >= 15 is 0 Å². The van der Waals surface area contributed by atoms with Gasteiger partial charge in [-0.15, -0.1) is 0 Å². The van der Waals surface area contributed by atoms with Crippen LogP contribution in [-0.2, 0) is 13.5 Å². The standard InChI is InChI=1S/C21H27N5/c1-16(18-6-3-5-17(13-18)14-22)25-9-11-26(12-10-25)21-8-4-7-20-19(21)15-23-24(20)2/h3,5-6,13,15-16,21H,4,7-12H2,1-2H3. The predicted octanol–water partition coefficient (Wildman–Crippen LogP) is 3.05. The third-order valence-corrected chi connectivity index (χ3v) is 6.18. The zero-order valence-electron chi connectivity index (χ0n) is 15.7. The smallest absolute Gasteiger partial charge is 0.0991 e. The first-order valence-electron chi connectivity index (χ1n) is 9.66. The van der Waals surface area contributed by atoms with E-state index in [2.05, 4.69) is 51.9 Å². The molecule has 0 amide bonds. The second-order valence-electron chi connectivity index (χ2n) is 7.56. The largest absolute Gasteiger partial charge is 0.294 e.